The quantitative estimate of drug-likeness (QED) is 0.204. The fraction of sp³-hybridized carbons (Fsp3) is 0.250. The Bertz CT molecular complexity index is 1120. The molecular weight excluding hydrogens is 456 g/mol. The van der Waals surface area contributed by atoms with Gasteiger partial charge in [0.2, 0.25) is 11.1 Å². The van der Waals surface area contributed by atoms with Crippen LogP contribution in [0.15, 0.2) is 47.6 Å². The third-order valence-corrected chi connectivity index (χ3v) is 5.69. The largest absolute Gasteiger partial charge is 0.486 e. The number of nitrogens with two attached hydrogens (primary N) is 1. The number of aromatic nitrogens is 3. The molecule has 0 radical (unpaired) electrons. The molecule has 3 rings (SSSR count). The fourth-order valence-electron chi connectivity index (χ4n) is 2.64. The number of non-ortho nitro benzene ring substituents is 1. The van der Waals surface area contributed by atoms with E-state index in [-0.39, 0.29) is 28.8 Å². The second-order valence-electron chi connectivity index (χ2n) is 7.04. The number of nitrogen functional groups attached to an aromatic ring is 1. The van der Waals surface area contributed by atoms with Crippen LogP contribution in [0.4, 0.5) is 11.4 Å². The Morgan fingerprint density at radius 2 is 2.00 bits per heavy atom. The van der Waals surface area contributed by atoms with Gasteiger partial charge >= 0.3 is 0 Å². The number of thioether (sulfide) groups is 1. The number of hydrogen-bond donors (Lipinski definition) is 2. The van der Waals surface area contributed by atoms with Crippen molar-refractivity contribution in [2.75, 3.05) is 16.9 Å². The topological polar surface area (TPSA) is 138 Å². The van der Waals surface area contributed by atoms with Crippen LogP contribution < -0.4 is 15.9 Å². The van der Waals surface area contributed by atoms with E-state index in [4.69, 9.17) is 22.2 Å². The van der Waals surface area contributed by atoms with Crippen LogP contribution in [0.2, 0.25) is 5.02 Å². The number of nitro groups is 1. The van der Waals surface area contributed by atoms with E-state index in [1.54, 1.807) is 0 Å². The van der Waals surface area contributed by atoms with E-state index >= 15 is 0 Å². The highest BCUT2D eigenvalue weighted by Gasteiger charge is 2.15. The highest BCUT2D eigenvalue weighted by Crippen LogP contribution is 2.27. The molecule has 12 heteroatoms. The zero-order valence-corrected chi connectivity index (χ0v) is 18.9. The molecular formula is C20H21ClN6O4S. The van der Waals surface area contributed by atoms with E-state index in [9.17, 15) is 14.9 Å². The van der Waals surface area contributed by atoms with Crippen molar-refractivity contribution >= 4 is 40.6 Å². The van der Waals surface area contributed by atoms with E-state index in [0.717, 1.165) is 11.8 Å². The van der Waals surface area contributed by atoms with Crippen LogP contribution in [0.3, 0.4) is 0 Å². The molecule has 0 aliphatic heterocycles. The average Bonchev–Trinajstić information content (AvgIpc) is 3.11. The van der Waals surface area contributed by atoms with Gasteiger partial charge in [-0.3, -0.25) is 14.9 Å². The lowest BCUT2D eigenvalue weighted by molar-refractivity contribution is -0.384. The number of amides is 1. The molecule has 168 valence electrons. The van der Waals surface area contributed by atoms with E-state index in [1.807, 2.05) is 24.3 Å². The summed E-state index contributed by atoms with van der Waals surface area (Å²) in [6.07, 6.45) is 0. The first-order valence-electron chi connectivity index (χ1n) is 9.53. The zero-order chi connectivity index (χ0) is 23.3. The standard InChI is InChI=1S/C20H21ClN6O4S/c1-12(2)13-3-6-15(7-4-13)31-10-18-24-25-20(26(18)22)32-11-19(28)23-17-9-14(27(29)30)5-8-16(17)21/h3-9,12H,10-11,22H2,1-2H3,(H,23,28). The van der Waals surface area contributed by atoms with E-state index in [1.165, 1.54) is 28.4 Å². The maximum Gasteiger partial charge on any atom is 0.271 e. The summed E-state index contributed by atoms with van der Waals surface area (Å²) < 4.78 is 6.96. The Hall–Kier alpha value is -3.31. The van der Waals surface area contributed by atoms with Crippen molar-refractivity contribution in [1.82, 2.24) is 14.9 Å². The molecule has 10 nitrogen and oxygen atoms in total. The van der Waals surface area contributed by atoms with Crippen LogP contribution in [-0.4, -0.2) is 31.5 Å². The van der Waals surface area contributed by atoms with Crippen LogP contribution in [0, 0.1) is 10.1 Å². The number of halogens is 1. The molecule has 0 saturated heterocycles. The first-order chi connectivity index (χ1) is 15.2. The maximum absolute atomic E-state index is 12.2. The number of hydrogen-bond acceptors (Lipinski definition) is 8. The summed E-state index contributed by atoms with van der Waals surface area (Å²) >= 11 is 7.05. The molecule has 0 spiro atoms. The molecule has 0 aliphatic carbocycles. The van der Waals surface area contributed by atoms with Gasteiger partial charge in [-0.25, -0.2) is 4.68 Å². The molecule has 3 N–H and O–H groups in total. The highest BCUT2D eigenvalue weighted by molar-refractivity contribution is 7.99. The van der Waals surface area contributed by atoms with Gasteiger partial charge in [0.05, 0.1) is 21.4 Å². The third kappa shape index (κ3) is 5.89. The van der Waals surface area contributed by atoms with Gasteiger partial charge < -0.3 is 15.9 Å². The van der Waals surface area contributed by atoms with E-state index in [0.29, 0.717) is 22.6 Å². The van der Waals surface area contributed by atoms with Crippen LogP contribution in [0.1, 0.15) is 31.2 Å². The Balaban J connectivity index is 1.55. The number of carbonyl (C=O) groups excluding carboxylic acids is 1. The maximum atomic E-state index is 12.2. The fourth-order valence-corrected chi connectivity index (χ4v) is 3.48. The predicted molar refractivity (Wildman–Crippen MR) is 122 cm³/mol. The van der Waals surface area contributed by atoms with Crippen LogP contribution in [-0.2, 0) is 11.4 Å². The Kier molecular flexibility index (Phi) is 7.54. The van der Waals surface area contributed by atoms with Crippen molar-refractivity contribution in [3.05, 3.63) is 69.0 Å². The van der Waals surface area contributed by atoms with Crippen molar-refractivity contribution in [3.8, 4) is 5.75 Å². The Labute approximate surface area is 193 Å². The predicted octanol–water partition coefficient (Wildman–Crippen LogP) is 3.99. The van der Waals surface area contributed by atoms with Crippen molar-refractivity contribution in [3.63, 3.8) is 0 Å². The van der Waals surface area contributed by atoms with Gasteiger partial charge in [-0.2, -0.15) is 0 Å². The first-order valence-corrected chi connectivity index (χ1v) is 10.9. The summed E-state index contributed by atoms with van der Waals surface area (Å²) in [5, 5.41) is 21.9. The molecule has 0 saturated carbocycles. The number of ether oxygens (including phenoxy) is 1. The molecule has 1 amide bonds. The molecule has 0 fully saturated rings. The van der Waals surface area contributed by atoms with Crippen LogP contribution >= 0.6 is 23.4 Å². The summed E-state index contributed by atoms with van der Waals surface area (Å²) in [5.74, 6) is 7.04. The number of carbonyl (C=O) groups is 1. The average molecular weight is 477 g/mol. The minimum absolute atomic E-state index is 0.0497. The molecule has 2 aromatic carbocycles. The summed E-state index contributed by atoms with van der Waals surface area (Å²) in [5.41, 5.74) is 1.18. The van der Waals surface area contributed by atoms with Gasteiger partial charge in [0.25, 0.3) is 5.69 Å². The van der Waals surface area contributed by atoms with Crippen molar-refractivity contribution < 1.29 is 14.5 Å². The molecule has 1 aromatic heterocycles. The van der Waals surface area contributed by atoms with Gasteiger partial charge in [-0.1, -0.05) is 49.3 Å². The second-order valence-corrected chi connectivity index (χ2v) is 8.39. The molecule has 0 aliphatic rings. The molecule has 0 bridgehead atoms. The van der Waals surface area contributed by atoms with Gasteiger partial charge in [0.15, 0.2) is 5.82 Å². The Morgan fingerprint density at radius 1 is 1.28 bits per heavy atom. The lowest BCUT2D eigenvalue weighted by Crippen LogP contribution is -2.18. The minimum Gasteiger partial charge on any atom is -0.486 e. The highest BCUT2D eigenvalue weighted by atomic mass is 35.5. The number of benzene rings is 2. The summed E-state index contributed by atoms with van der Waals surface area (Å²) in [6, 6.07) is 11.6. The van der Waals surface area contributed by atoms with Gasteiger partial charge in [-0.05, 0) is 29.7 Å². The molecule has 0 atom stereocenters. The Morgan fingerprint density at radius 3 is 2.66 bits per heavy atom. The van der Waals surface area contributed by atoms with Crippen molar-refractivity contribution in [2.24, 2.45) is 0 Å². The number of nitrogens with zero attached hydrogens (tertiary/aromatic N) is 4. The first kappa shape index (κ1) is 23.4. The number of nitrogens with one attached hydrogen (secondary N) is 1. The van der Waals surface area contributed by atoms with Crippen LogP contribution in [0.5, 0.6) is 5.75 Å². The van der Waals surface area contributed by atoms with Gasteiger partial charge in [-0.15, -0.1) is 10.2 Å². The van der Waals surface area contributed by atoms with Gasteiger partial charge in [0, 0.05) is 12.1 Å². The van der Waals surface area contributed by atoms with Gasteiger partial charge in [0.1, 0.15) is 12.4 Å². The van der Waals surface area contributed by atoms with E-state index in [2.05, 4.69) is 29.4 Å². The monoisotopic (exact) mass is 476 g/mol. The number of anilines is 1. The third-order valence-electron chi connectivity index (χ3n) is 4.42. The molecule has 32 heavy (non-hydrogen) atoms. The second kappa shape index (κ2) is 10.3. The molecule has 3 aromatic rings. The number of nitro benzene ring substituents is 1. The number of rotatable bonds is 9. The summed E-state index contributed by atoms with van der Waals surface area (Å²) in [7, 11) is 0. The lowest BCUT2D eigenvalue weighted by Gasteiger charge is -2.09. The summed E-state index contributed by atoms with van der Waals surface area (Å²) in [4.78, 5) is 22.6. The zero-order valence-electron chi connectivity index (χ0n) is 17.3. The van der Waals surface area contributed by atoms with Crippen molar-refractivity contribution in [1.29, 1.82) is 0 Å². The smallest absolute Gasteiger partial charge is 0.271 e. The normalized spacial score (nSPS) is 10.9. The molecule has 1 heterocycles. The molecule has 0 unspecified atom stereocenters. The van der Waals surface area contributed by atoms with Crippen molar-refractivity contribution in [2.45, 2.75) is 31.5 Å². The minimum atomic E-state index is -0.570. The van der Waals surface area contributed by atoms with E-state index < -0.39 is 10.8 Å². The lowest BCUT2D eigenvalue weighted by atomic mass is 10.0. The SMILES string of the molecule is CC(C)c1ccc(OCc2nnc(SCC(=O)Nc3cc([N+](=O)[O-])ccc3Cl)n2N)cc1. The van der Waals surface area contributed by atoms with Crippen LogP contribution in [0.25, 0.3) is 0 Å². The summed E-state index contributed by atoms with van der Waals surface area (Å²) in [6.45, 7) is 4.34.